The summed E-state index contributed by atoms with van der Waals surface area (Å²) in [5.41, 5.74) is 0. The monoisotopic (exact) mass is 574 g/mol. The molecule has 0 aromatic heterocycles. The van der Waals surface area contributed by atoms with Gasteiger partial charge in [0.05, 0.1) is 0 Å². The third-order valence-corrected chi connectivity index (χ3v) is 27.9. The van der Waals surface area contributed by atoms with E-state index in [1.54, 1.807) is 0 Å². The Bertz CT molecular complexity index is 540. The number of hydrogen-bond donors (Lipinski definition) is 0. The molecular weight excluding hydrogens is 521 g/mol. The van der Waals surface area contributed by atoms with Gasteiger partial charge < -0.3 is 24.7 Å². The van der Waals surface area contributed by atoms with Gasteiger partial charge in [-0.25, -0.2) is 0 Å². The van der Waals surface area contributed by atoms with E-state index in [9.17, 15) is 0 Å². The van der Waals surface area contributed by atoms with Crippen molar-refractivity contribution >= 4 is 59.4 Å². The second-order valence-electron chi connectivity index (χ2n) is 14.0. The van der Waals surface area contributed by atoms with E-state index >= 15 is 0 Å². The first-order valence-corrected chi connectivity index (χ1v) is 32.1. The molecule has 32 heavy (non-hydrogen) atoms. The molecule has 0 bridgehead atoms. The van der Waals surface area contributed by atoms with Gasteiger partial charge in [-0.05, 0) is 98.2 Å². The van der Waals surface area contributed by atoms with Crippen LogP contribution >= 0.6 is 0 Å². The lowest BCUT2D eigenvalue weighted by molar-refractivity contribution is 0.165. The van der Waals surface area contributed by atoms with E-state index in [0.29, 0.717) is 0 Å². The molecule has 0 amide bonds. The van der Waals surface area contributed by atoms with E-state index < -0.39 is 59.4 Å². The Hall–Kier alpha value is 1.28. The zero-order valence-electron chi connectivity index (χ0n) is 24.4. The van der Waals surface area contributed by atoms with Crippen molar-refractivity contribution in [2.75, 3.05) is 0 Å². The Kier molecular flexibility index (Phi) is 10.7. The first-order chi connectivity index (χ1) is 13.5. The molecule has 0 aromatic rings. The zero-order chi connectivity index (χ0) is 26.2. The highest BCUT2D eigenvalue weighted by atomic mass is 28.5. The van der Waals surface area contributed by atoms with Gasteiger partial charge in [-0.2, -0.15) is 0 Å². The molecule has 0 spiro atoms. The average molecular weight is 575 g/mol. The SMILES string of the molecule is CC(C)(C)[Si](O[Si](C)(C)O[Si](C)(C)C)(O[Si](C)(C)O[Si](C)(C)C)O[Si](C)(C)O[Si](C)(C)C. The van der Waals surface area contributed by atoms with Gasteiger partial charge in [0, 0.05) is 5.04 Å². The molecule has 0 radical (unpaired) electrons. The van der Waals surface area contributed by atoms with E-state index in [-0.39, 0.29) is 5.04 Å². The number of rotatable bonds is 12. The molecule has 0 aliphatic heterocycles. The predicted molar refractivity (Wildman–Crippen MR) is 154 cm³/mol. The van der Waals surface area contributed by atoms with E-state index in [2.05, 4.69) is 119 Å². The van der Waals surface area contributed by atoms with Gasteiger partial charge in [0.1, 0.15) is 0 Å². The van der Waals surface area contributed by atoms with Crippen molar-refractivity contribution in [3.63, 3.8) is 0 Å². The normalized spacial score (nSPS) is 15.9. The van der Waals surface area contributed by atoms with Crippen LogP contribution in [0.3, 0.4) is 0 Å². The maximum absolute atomic E-state index is 7.05. The van der Waals surface area contributed by atoms with Crippen LogP contribution in [0.25, 0.3) is 0 Å². The molecule has 0 rings (SSSR count). The molecule has 0 N–H and O–H groups in total. The molecule has 0 saturated heterocycles. The first kappa shape index (κ1) is 33.3. The lowest BCUT2D eigenvalue weighted by atomic mass is 10.3. The Labute approximate surface area is 207 Å². The summed E-state index contributed by atoms with van der Waals surface area (Å²) < 4.78 is 41.0. The highest BCUT2D eigenvalue weighted by molar-refractivity contribution is 6.93. The second-order valence-corrected chi connectivity index (χ2v) is 42.5. The molecule has 0 unspecified atom stereocenters. The van der Waals surface area contributed by atoms with Crippen molar-refractivity contribution in [2.45, 2.75) is 124 Å². The summed E-state index contributed by atoms with van der Waals surface area (Å²) in [6.45, 7) is 39.0. The summed E-state index contributed by atoms with van der Waals surface area (Å²) in [6.07, 6.45) is 0. The van der Waals surface area contributed by atoms with E-state index in [0.717, 1.165) is 0 Å². The molecule has 0 saturated carbocycles. The van der Waals surface area contributed by atoms with Gasteiger partial charge in [0.25, 0.3) is 0 Å². The molecule has 0 fully saturated rings. The summed E-state index contributed by atoms with van der Waals surface area (Å²) in [7, 11) is -16.5. The van der Waals surface area contributed by atoms with Gasteiger partial charge in [0.2, 0.25) is 0 Å². The molecule has 6 nitrogen and oxygen atoms in total. The van der Waals surface area contributed by atoms with Gasteiger partial charge >= 0.3 is 34.5 Å². The summed E-state index contributed by atoms with van der Waals surface area (Å²) in [4.78, 5) is 0. The summed E-state index contributed by atoms with van der Waals surface area (Å²) in [6, 6.07) is 0. The smallest absolute Gasteiger partial charge is 0.437 e. The second kappa shape index (κ2) is 10.3. The quantitative estimate of drug-likeness (QED) is 0.226. The predicted octanol–water partition coefficient (Wildman–Crippen LogP) is 7.44. The fourth-order valence-corrected chi connectivity index (χ4v) is 36.2. The largest absolute Gasteiger partial charge is 0.479 e. The maximum Gasteiger partial charge on any atom is 0.479 e. The van der Waals surface area contributed by atoms with Crippen LogP contribution in [-0.2, 0) is 24.7 Å². The van der Waals surface area contributed by atoms with E-state index in [1.807, 2.05) is 0 Å². The molecule has 194 valence electrons. The van der Waals surface area contributed by atoms with Crippen LogP contribution in [0.4, 0.5) is 0 Å². The maximum atomic E-state index is 7.05. The first-order valence-electron chi connectivity index (χ1n) is 11.7. The Morgan fingerprint density at radius 2 is 0.531 bits per heavy atom. The van der Waals surface area contributed by atoms with E-state index in [1.165, 1.54) is 0 Å². The van der Waals surface area contributed by atoms with Crippen molar-refractivity contribution in [2.24, 2.45) is 0 Å². The van der Waals surface area contributed by atoms with Crippen LogP contribution in [0.1, 0.15) is 20.8 Å². The standard InChI is InChI=1S/C19H54O6Si7/c1-19(2,3)32(23-29(13,14)20-26(4,5)6,24-30(15,16)21-27(7,8)9)25-31(17,18)22-28(10,11)12/h1-18H3. The van der Waals surface area contributed by atoms with Gasteiger partial charge in [-0.15, -0.1) is 0 Å². The van der Waals surface area contributed by atoms with Crippen molar-refractivity contribution in [3.05, 3.63) is 0 Å². The third kappa shape index (κ3) is 13.4. The topological polar surface area (TPSA) is 55.4 Å². The van der Waals surface area contributed by atoms with Crippen molar-refractivity contribution in [1.29, 1.82) is 0 Å². The van der Waals surface area contributed by atoms with Crippen LogP contribution in [0.15, 0.2) is 0 Å². The average Bonchev–Trinajstić information content (AvgIpc) is 2.23. The van der Waals surface area contributed by atoms with Gasteiger partial charge in [-0.1, -0.05) is 20.8 Å². The van der Waals surface area contributed by atoms with Crippen molar-refractivity contribution in [1.82, 2.24) is 0 Å². The van der Waals surface area contributed by atoms with Crippen LogP contribution in [0, 0.1) is 0 Å². The number of hydrogen-bond acceptors (Lipinski definition) is 6. The fraction of sp³-hybridized carbons (Fsp3) is 1.00. The van der Waals surface area contributed by atoms with Crippen LogP contribution < -0.4 is 0 Å². The highest BCUT2D eigenvalue weighted by Gasteiger charge is 2.62. The highest BCUT2D eigenvalue weighted by Crippen LogP contribution is 2.45. The van der Waals surface area contributed by atoms with Crippen LogP contribution in [0.2, 0.25) is 103 Å². The molecular formula is C19H54O6Si7. The third-order valence-electron chi connectivity index (χ3n) is 3.71. The molecule has 0 atom stereocenters. The molecule has 0 aromatic carbocycles. The minimum absolute atomic E-state index is 0.361. The Morgan fingerprint density at radius 1 is 0.344 bits per heavy atom. The summed E-state index contributed by atoms with van der Waals surface area (Å²) >= 11 is 0. The van der Waals surface area contributed by atoms with Gasteiger partial charge in [0.15, 0.2) is 25.0 Å². The van der Waals surface area contributed by atoms with Crippen LogP contribution in [-0.4, -0.2) is 59.4 Å². The van der Waals surface area contributed by atoms with Crippen molar-refractivity contribution in [3.8, 4) is 0 Å². The van der Waals surface area contributed by atoms with E-state index in [4.69, 9.17) is 24.7 Å². The molecule has 0 aliphatic carbocycles. The Morgan fingerprint density at radius 3 is 0.656 bits per heavy atom. The fourth-order valence-electron chi connectivity index (χ4n) is 3.77. The minimum Gasteiger partial charge on any atom is -0.437 e. The lowest BCUT2D eigenvalue weighted by Crippen LogP contribution is -2.69. The summed E-state index contributed by atoms with van der Waals surface area (Å²) in [5, 5.41) is -0.361. The van der Waals surface area contributed by atoms with Gasteiger partial charge in [-0.3, -0.25) is 0 Å². The molecule has 0 aliphatic rings. The zero-order valence-corrected chi connectivity index (χ0v) is 31.4. The lowest BCUT2D eigenvalue weighted by Gasteiger charge is -2.51. The van der Waals surface area contributed by atoms with Crippen LogP contribution in [0.5, 0.6) is 0 Å². The molecule has 0 heterocycles. The summed E-state index contributed by atoms with van der Waals surface area (Å²) in [5.74, 6) is 0. The Balaban J connectivity index is 6.57. The van der Waals surface area contributed by atoms with Crippen molar-refractivity contribution < 1.29 is 24.7 Å². The molecule has 13 heteroatoms. The minimum atomic E-state index is -3.33.